The van der Waals surface area contributed by atoms with Crippen molar-refractivity contribution in [1.82, 2.24) is 10.2 Å². The standard InChI is InChI=1S/C13H20N4O2/c1-2-16-12(18)10-6-9(10)11(15)13(19)17-5-3-4-8(17)7-14/h8-11H,2-6,15H2,1H3,(H,16,18)/t8-,9+,10-,11-/m0/s1. The zero-order valence-electron chi connectivity index (χ0n) is 11.1. The molecule has 1 saturated carbocycles. The predicted molar refractivity (Wildman–Crippen MR) is 68.6 cm³/mol. The Kier molecular flexibility index (Phi) is 4.05. The number of amides is 2. The van der Waals surface area contributed by atoms with E-state index in [4.69, 9.17) is 11.0 Å². The predicted octanol–water partition coefficient (Wildman–Crippen LogP) is -0.400. The van der Waals surface area contributed by atoms with E-state index in [0.717, 1.165) is 12.8 Å². The number of likely N-dealkylation sites (tertiary alicyclic amines) is 1. The summed E-state index contributed by atoms with van der Waals surface area (Å²) in [7, 11) is 0. The summed E-state index contributed by atoms with van der Waals surface area (Å²) >= 11 is 0. The van der Waals surface area contributed by atoms with Crippen molar-refractivity contribution in [2.45, 2.75) is 38.3 Å². The molecule has 2 amide bonds. The van der Waals surface area contributed by atoms with Crippen molar-refractivity contribution < 1.29 is 9.59 Å². The van der Waals surface area contributed by atoms with Gasteiger partial charge >= 0.3 is 0 Å². The van der Waals surface area contributed by atoms with Crippen molar-refractivity contribution in [2.75, 3.05) is 13.1 Å². The summed E-state index contributed by atoms with van der Waals surface area (Å²) in [6.45, 7) is 3.05. The number of rotatable bonds is 4. The van der Waals surface area contributed by atoms with Crippen LogP contribution in [0.2, 0.25) is 0 Å². The van der Waals surface area contributed by atoms with Crippen LogP contribution in [-0.2, 0) is 9.59 Å². The van der Waals surface area contributed by atoms with Crippen LogP contribution in [0.25, 0.3) is 0 Å². The molecule has 3 N–H and O–H groups in total. The van der Waals surface area contributed by atoms with E-state index >= 15 is 0 Å². The van der Waals surface area contributed by atoms with Gasteiger partial charge in [0.25, 0.3) is 0 Å². The van der Waals surface area contributed by atoms with Gasteiger partial charge in [0.15, 0.2) is 0 Å². The van der Waals surface area contributed by atoms with Gasteiger partial charge in [-0.2, -0.15) is 5.26 Å². The molecule has 6 heteroatoms. The maximum atomic E-state index is 12.2. The average Bonchev–Trinajstić information content (AvgIpc) is 3.07. The first kappa shape index (κ1) is 13.8. The molecule has 2 fully saturated rings. The van der Waals surface area contributed by atoms with Gasteiger partial charge in [0.2, 0.25) is 11.8 Å². The van der Waals surface area contributed by atoms with Gasteiger partial charge in [0, 0.05) is 19.0 Å². The Balaban J connectivity index is 1.91. The van der Waals surface area contributed by atoms with Crippen molar-refractivity contribution >= 4 is 11.8 Å². The molecule has 0 aromatic heterocycles. The Bertz CT molecular complexity index is 417. The van der Waals surface area contributed by atoms with Crippen LogP contribution in [0.5, 0.6) is 0 Å². The lowest BCUT2D eigenvalue weighted by Crippen LogP contribution is -2.47. The summed E-state index contributed by atoms with van der Waals surface area (Å²) in [5, 5.41) is 11.7. The molecular formula is C13H20N4O2. The van der Waals surface area contributed by atoms with Crippen molar-refractivity contribution in [1.29, 1.82) is 5.26 Å². The van der Waals surface area contributed by atoms with Gasteiger partial charge in [-0.15, -0.1) is 0 Å². The van der Waals surface area contributed by atoms with Crippen LogP contribution in [0.1, 0.15) is 26.2 Å². The van der Waals surface area contributed by atoms with E-state index in [-0.39, 0.29) is 29.7 Å². The normalized spacial score (nSPS) is 30.6. The minimum absolute atomic E-state index is 0.0194. The molecule has 2 rings (SSSR count). The summed E-state index contributed by atoms with van der Waals surface area (Å²) < 4.78 is 0. The molecule has 0 spiro atoms. The smallest absolute Gasteiger partial charge is 0.240 e. The molecule has 1 aliphatic heterocycles. The van der Waals surface area contributed by atoms with Gasteiger partial charge in [-0.25, -0.2) is 0 Å². The van der Waals surface area contributed by atoms with Crippen LogP contribution < -0.4 is 11.1 Å². The molecule has 1 heterocycles. The van der Waals surface area contributed by atoms with Gasteiger partial charge < -0.3 is 16.0 Å². The number of nitrogens with two attached hydrogens (primary N) is 1. The maximum absolute atomic E-state index is 12.2. The molecule has 104 valence electrons. The average molecular weight is 264 g/mol. The molecule has 4 atom stereocenters. The Hall–Kier alpha value is -1.61. The number of hydrogen-bond donors (Lipinski definition) is 2. The fourth-order valence-corrected chi connectivity index (χ4v) is 2.76. The highest BCUT2D eigenvalue weighted by Gasteiger charge is 2.50. The van der Waals surface area contributed by atoms with E-state index in [9.17, 15) is 9.59 Å². The van der Waals surface area contributed by atoms with Crippen molar-refractivity contribution in [3.05, 3.63) is 0 Å². The van der Waals surface area contributed by atoms with Crippen LogP contribution in [0.3, 0.4) is 0 Å². The van der Waals surface area contributed by atoms with Gasteiger partial charge in [0.1, 0.15) is 6.04 Å². The minimum Gasteiger partial charge on any atom is -0.356 e. The molecule has 0 unspecified atom stereocenters. The highest BCUT2D eigenvalue weighted by atomic mass is 16.2. The number of hydrogen-bond acceptors (Lipinski definition) is 4. The molecule has 0 radical (unpaired) electrons. The largest absolute Gasteiger partial charge is 0.356 e. The van der Waals surface area contributed by atoms with E-state index in [1.165, 1.54) is 0 Å². The summed E-state index contributed by atoms with van der Waals surface area (Å²) in [6, 6.07) is 1.14. The van der Waals surface area contributed by atoms with E-state index < -0.39 is 6.04 Å². The van der Waals surface area contributed by atoms with Gasteiger partial charge in [-0.1, -0.05) is 0 Å². The third-order valence-electron chi connectivity index (χ3n) is 3.96. The van der Waals surface area contributed by atoms with E-state index in [0.29, 0.717) is 19.5 Å². The van der Waals surface area contributed by atoms with Crippen LogP contribution in [0.4, 0.5) is 0 Å². The Morgan fingerprint density at radius 1 is 1.58 bits per heavy atom. The van der Waals surface area contributed by atoms with E-state index in [1.807, 2.05) is 6.92 Å². The van der Waals surface area contributed by atoms with Crippen molar-refractivity contribution in [2.24, 2.45) is 17.6 Å². The Morgan fingerprint density at radius 3 is 2.95 bits per heavy atom. The van der Waals surface area contributed by atoms with Gasteiger partial charge in [-0.3, -0.25) is 9.59 Å². The number of carbonyl (C=O) groups excluding carboxylic acids is 2. The van der Waals surface area contributed by atoms with Crippen LogP contribution in [0, 0.1) is 23.2 Å². The minimum atomic E-state index is -0.651. The fraction of sp³-hybridized carbons (Fsp3) is 0.769. The van der Waals surface area contributed by atoms with Crippen molar-refractivity contribution in [3.63, 3.8) is 0 Å². The van der Waals surface area contributed by atoms with Gasteiger partial charge in [0.05, 0.1) is 12.1 Å². The van der Waals surface area contributed by atoms with Crippen LogP contribution >= 0.6 is 0 Å². The zero-order valence-corrected chi connectivity index (χ0v) is 11.1. The summed E-state index contributed by atoms with van der Waals surface area (Å²) in [5.41, 5.74) is 5.96. The lowest BCUT2D eigenvalue weighted by Gasteiger charge is -2.23. The van der Waals surface area contributed by atoms with Crippen LogP contribution in [0.15, 0.2) is 0 Å². The third kappa shape index (κ3) is 2.71. The number of nitriles is 1. The summed E-state index contributed by atoms with van der Waals surface area (Å²) in [4.78, 5) is 25.4. The topological polar surface area (TPSA) is 99.2 Å². The SMILES string of the molecule is CCNC(=O)[C@H]1C[C@H]1[C@H](N)C(=O)N1CCC[C@H]1C#N. The fourth-order valence-electron chi connectivity index (χ4n) is 2.76. The Labute approximate surface area is 112 Å². The number of nitrogens with zero attached hydrogens (tertiary/aromatic N) is 2. The number of carbonyl (C=O) groups is 2. The molecule has 0 bridgehead atoms. The lowest BCUT2D eigenvalue weighted by atomic mass is 10.1. The molecule has 0 aromatic carbocycles. The second kappa shape index (κ2) is 5.57. The molecule has 2 aliphatic rings. The highest BCUT2D eigenvalue weighted by molar-refractivity contribution is 5.87. The first-order chi connectivity index (χ1) is 9.10. The van der Waals surface area contributed by atoms with E-state index in [1.54, 1.807) is 4.90 Å². The molecule has 1 aliphatic carbocycles. The molecule has 6 nitrogen and oxygen atoms in total. The van der Waals surface area contributed by atoms with Crippen LogP contribution in [-0.4, -0.2) is 41.9 Å². The summed E-state index contributed by atoms with van der Waals surface area (Å²) in [5.74, 6) is -0.407. The second-order valence-corrected chi connectivity index (χ2v) is 5.25. The van der Waals surface area contributed by atoms with E-state index in [2.05, 4.69) is 11.4 Å². The first-order valence-corrected chi connectivity index (χ1v) is 6.83. The van der Waals surface area contributed by atoms with Gasteiger partial charge in [-0.05, 0) is 32.1 Å². The molecule has 19 heavy (non-hydrogen) atoms. The van der Waals surface area contributed by atoms with Crippen molar-refractivity contribution in [3.8, 4) is 6.07 Å². The molecule has 0 aromatic rings. The first-order valence-electron chi connectivity index (χ1n) is 6.83. The highest BCUT2D eigenvalue weighted by Crippen LogP contribution is 2.41. The quantitative estimate of drug-likeness (QED) is 0.721. The zero-order chi connectivity index (χ0) is 14.0. The Morgan fingerprint density at radius 2 is 2.32 bits per heavy atom. The second-order valence-electron chi connectivity index (χ2n) is 5.25. The summed E-state index contributed by atoms with van der Waals surface area (Å²) in [6.07, 6.45) is 2.24. The maximum Gasteiger partial charge on any atom is 0.240 e. The lowest BCUT2D eigenvalue weighted by molar-refractivity contribution is -0.133. The number of nitrogens with one attached hydrogen (secondary N) is 1. The third-order valence-corrected chi connectivity index (χ3v) is 3.96. The monoisotopic (exact) mass is 264 g/mol. The molecule has 1 saturated heterocycles. The molecular weight excluding hydrogens is 244 g/mol.